The van der Waals surface area contributed by atoms with Crippen LogP contribution in [0.5, 0.6) is 0 Å². The molecule has 1 atom stereocenters. The molecule has 3 aromatic heterocycles. The molecule has 1 unspecified atom stereocenters. The van der Waals surface area contributed by atoms with Crippen molar-refractivity contribution in [1.82, 2.24) is 14.5 Å². The van der Waals surface area contributed by atoms with E-state index < -0.39 is 16.2 Å². The first kappa shape index (κ1) is 20.7. The molecule has 156 valence electrons. The molecular formula is C22H23N3O3S2. The molecule has 30 heavy (non-hydrogen) atoms. The van der Waals surface area contributed by atoms with Gasteiger partial charge >= 0.3 is 5.97 Å². The quantitative estimate of drug-likeness (QED) is 0.416. The van der Waals surface area contributed by atoms with Crippen molar-refractivity contribution in [3.8, 4) is 0 Å². The number of carbonyl (C=O) groups excluding carboxylic acids is 1. The molecule has 4 aromatic rings. The molecule has 0 aliphatic rings. The minimum absolute atomic E-state index is 0.0343. The van der Waals surface area contributed by atoms with Crippen molar-refractivity contribution in [3.63, 3.8) is 0 Å². The van der Waals surface area contributed by atoms with Gasteiger partial charge in [0.1, 0.15) is 0 Å². The van der Waals surface area contributed by atoms with Crippen LogP contribution >= 0.6 is 11.3 Å². The largest absolute Gasteiger partial charge is 0.443 e. The average Bonchev–Trinajstić information content (AvgIpc) is 3.27. The minimum atomic E-state index is -1.46. The van der Waals surface area contributed by atoms with Crippen molar-refractivity contribution in [2.45, 2.75) is 45.3 Å². The van der Waals surface area contributed by atoms with Gasteiger partial charge in [-0.25, -0.2) is 4.98 Å². The first-order valence-electron chi connectivity index (χ1n) is 9.58. The van der Waals surface area contributed by atoms with Crippen LogP contribution in [0.1, 0.15) is 32.0 Å². The average molecular weight is 442 g/mol. The number of para-hydroxylation sites is 2. The fraction of sp³-hybridized carbons (Fsp3) is 0.318. The topological polar surface area (TPSA) is 74.1 Å². The van der Waals surface area contributed by atoms with E-state index in [0.29, 0.717) is 10.7 Å². The summed E-state index contributed by atoms with van der Waals surface area (Å²) in [5.41, 5.74) is 2.85. The Labute approximate surface area is 181 Å². The predicted octanol–water partition coefficient (Wildman–Crippen LogP) is 4.81. The van der Waals surface area contributed by atoms with Crippen LogP contribution < -0.4 is 0 Å². The summed E-state index contributed by atoms with van der Waals surface area (Å²) in [4.78, 5) is 21.3. The van der Waals surface area contributed by atoms with E-state index in [1.54, 1.807) is 42.9 Å². The number of nitrogens with zero attached hydrogens (tertiary/aromatic N) is 3. The van der Waals surface area contributed by atoms with E-state index in [1.165, 1.54) is 5.56 Å². The number of aromatic nitrogens is 3. The molecule has 0 amide bonds. The smallest absolute Gasteiger partial charge is 0.312 e. The second-order valence-corrected chi connectivity index (χ2v) is 10.4. The zero-order valence-electron chi connectivity index (χ0n) is 17.3. The number of ether oxygens (including phenoxy) is 1. The molecule has 0 radical (unpaired) electrons. The van der Waals surface area contributed by atoms with Gasteiger partial charge in [0.2, 0.25) is 5.16 Å². The molecule has 0 saturated carbocycles. The van der Waals surface area contributed by atoms with E-state index in [4.69, 9.17) is 4.74 Å². The molecule has 0 fully saturated rings. The second-order valence-electron chi connectivity index (χ2n) is 8.16. The summed E-state index contributed by atoms with van der Waals surface area (Å²) in [6.45, 7) is 7.43. The highest BCUT2D eigenvalue weighted by atomic mass is 32.2. The summed E-state index contributed by atoms with van der Waals surface area (Å²) in [6.07, 6.45) is 1.75. The number of rotatable bonds is 5. The van der Waals surface area contributed by atoms with Crippen LogP contribution in [0.2, 0.25) is 0 Å². The van der Waals surface area contributed by atoms with Gasteiger partial charge in [-0.2, -0.15) is 0 Å². The number of thiophene rings is 1. The predicted molar refractivity (Wildman–Crippen MR) is 120 cm³/mol. The van der Waals surface area contributed by atoms with Crippen LogP contribution in [0.3, 0.4) is 0 Å². The van der Waals surface area contributed by atoms with Crippen LogP contribution in [0.15, 0.2) is 47.1 Å². The molecule has 0 aliphatic carbocycles. The number of carbonyl (C=O) groups is 1. The maximum Gasteiger partial charge on any atom is 0.312 e. The number of aryl methyl sites for hydroxylation is 1. The van der Waals surface area contributed by atoms with E-state index in [1.807, 2.05) is 30.3 Å². The van der Waals surface area contributed by atoms with Crippen molar-refractivity contribution >= 4 is 49.2 Å². The lowest BCUT2D eigenvalue weighted by molar-refractivity contribution is -0.157. The summed E-state index contributed by atoms with van der Waals surface area (Å²) in [5, 5.41) is 3.60. The summed E-state index contributed by atoms with van der Waals surface area (Å²) in [7, 11) is -1.46. The van der Waals surface area contributed by atoms with Crippen LogP contribution in [0.25, 0.3) is 21.1 Å². The molecule has 4 rings (SSSR count). The third-order valence-electron chi connectivity index (χ3n) is 4.78. The molecule has 8 heteroatoms. The van der Waals surface area contributed by atoms with E-state index in [0.717, 1.165) is 21.3 Å². The molecule has 6 nitrogen and oxygen atoms in total. The SMILES string of the molecule is Cc1csc2c(CS(=O)c3nc4ccccc4n3COC(=O)C(C)(C)C)nccc12. The number of hydrogen-bond donors (Lipinski definition) is 0. The van der Waals surface area contributed by atoms with Crippen molar-refractivity contribution in [2.75, 3.05) is 0 Å². The Morgan fingerprint density at radius 2 is 2.00 bits per heavy atom. The van der Waals surface area contributed by atoms with Gasteiger partial charge in [0, 0.05) is 6.20 Å². The molecule has 0 saturated heterocycles. The van der Waals surface area contributed by atoms with Gasteiger partial charge in [-0.1, -0.05) is 12.1 Å². The zero-order valence-corrected chi connectivity index (χ0v) is 19.0. The van der Waals surface area contributed by atoms with Crippen molar-refractivity contribution in [2.24, 2.45) is 5.41 Å². The Hall–Kier alpha value is -2.58. The standard InChI is InChI=1S/C22H23N3O3S2/c1-14-11-29-19-15(14)9-10-23-17(19)12-30(27)21-24-16-7-5-6-8-18(16)25(21)13-28-20(26)22(2,3)4/h5-11H,12-13H2,1-4H3. The monoisotopic (exact) mass is 441 g/mol. The Morgan fingerprint density at radius 3 is 2.77 bits per heavy atom. The maximum absolute atomic E-state index is 13.3. The van der Waals surface area contributed by atoms with Crippen molar-refractivity contribution < 1.29 is 13.7 Å². The van der Waals surface area contributed by atoms with Gasteiger partial charge in [0.25, 0.3) is 0 Å². The van der Waals surface area contributed by atoms with Crippen LogP contribution in [-0.4, -0.2) is 24.7 Å². The summed E-state index contributed by atoms with van der Waals surface area (Å²) >= 11 is 1.61. The van der Waals surface area contributed by atoms with Crippen LogP contribution in [0.4, 0.5) is 0 Å². The van der Waals surface area contributed by atoms with E-state index in [-0.39, 0.29) is 18.5 Å². The zero-order chi connectivity index (χ0) is 21.5. The van der Waals surface area contributed by atoms with Gasteiger partial charge in [-0.05, 0) is 62.2 Å². The summed E-state index contributed by atoms with van der Waals surface area (Å²) < 4.78 is 21.6. The first-order chi connectivity index (χ1) is 14.3. The lowest BCUT2D eigenvalue weighted by Gasteiger charge is -2.17. The lowest BCUT2D eigenvalue weighted by atomic mass is 9.98. The first-order valence-corrected chi connectivity index (χ1v) is 11.8. The summed E-state index contributed by atoms with van der Waals surface area (Å²) in [6, 6.07) is 9.49. The van der Waals surface area contributed by atoms with Gasteiger partial charge in [0.05, 0.1) is 43.4 Å². The molecule has 0 bridgehead atoms. The number of pyridine rings is 1. The molecule has 0 aliphatic heterocycles. The van der Waals surface area contributed by atoms with Gasteiger partial charge in [0.15, 0.2) is 6.73 Å². The Balaban J connectivity index is 1.69. The second kappa shape index (κ2) is 7.92. The number of hydrogen-bond acceptors (Lipinski definition) is 6. The van der Waals surface area contributed by atoms with E-state index in [2.05, 4.69) is 22.3 Å². The Morgan fingerprint density at radius 1 is 1.23 bits per heavy atom. The number of imidazole rings is 1. The summed E-state index contributed by atoms with van der Waals surface area (Å²) in [5.74, 6) is -0.0779. The van der Waals surface area contributed by atoms with Crippen molar-refractivity contribution in [3.05, 3.63) is 53.2 Å². The van der Waals surface area contributed by atoms with Gasteiger partial charge in [-0.3, -0.25) is 18.6 Å². The van der Waals surface area contributed by atoms with E-state index >= 15 is 0 Å². The third-order valence-corrected chi connectivity index (χ3v) is 7.20. The lowest BCUT2D eigenvalue weighted by Crippen LogP contribution is -2.24. The molecule has 0 spiro atoms. The molecule has 3 heterocycles. The third kappa shape index (κ3) is 3.89. The number of fused-ring (bicyclic) bond motifs is 2. The minimum Gasteiger partial charge on any atom is -0.443 e. The van der Waals surface area contributed by atoms with Gasteiger partial charge in [-0.15, -0.1) is 11.3 Å². The number of benzene rings is 1. The highest BCUT2D eigenvalue weighted by Gasteiger charge is 2.25. The van der Waals surface area contributed by atoms with Crippen molar-refractivity contribution in [1.29, 1.82) is 0 Å². The van der Waals surface area contributed by atoms with Crippen LogP contribution in [0, 0.1) is 12.3 Å². The normalized spacial score (nSPS) is 13.1. The molecule has 0 N–H and O–H groups in total. The van der Waals surface area contributed by atoms with Gasteiger partial charge < -0.3 is 4.74 Å². The van der Waals surface area contributed by atoms with Crippen LogP contribution in [-0.2, 0) is 32.8 Å². The Bertz CT molecular complexity index is 1270. The fourth-order valence-electron chi connectivity index (χ4n) is 3.13. The molecule has 1 aromatic carbocycles. The Kier molecular flexibility index (Phi) is 5.46. The highest BCUT2D eigenvalue weighted by Crippen LogP contribution is 2.29. The number of esters is 1. The van der Waals surface area contributed by atoms with E-state index in [9.17, 15) is 9.00 Å². The highest BCUT2D eigenvalue weighted by molar-refractivity contribution is 7.84. The molecular weight excluding hydrogens is 418 g/mol. The fourth-order valence-corrected chi connectivity index (χ4v) is 5.45. The maximum atomic E-state index is 13.3.